The van der Waals surface area contributed by atoms with Crippen molar-refractivity contribution >= 4 is 11.6 Å². The Morgan fingerprint density at radius 1 is 1.38 bits per heavy atom. The first-order valence-electron chi connectivity index (χ1n) is 4.60. The third kappa shape index (κ3) is 2.23. The van der Waals surface area contributed by atoms with E-state index in [1.807, 2.05) is 0 Å². The van der Waals surface area contributed by atoms with Gasteiger partial charge in [-0.05, 0) is 6.07 Å². The van der Waals surface area contributed by atoms with E-state index in [4.69, 9.17) is 16.3 Å². The largest absolute Gasteiger partial charge is 0.497 e. The molecule has 0 aromatic carbocycles. The van der Waals surface area contributed by atoms with Gasteiger partial charge in [-0.15, -0.1) is 0 Å². The van der Waals surface area contributed by atoms with Crippen molar-refractivity contribution in [2.24, 2.45) is 0 Å². The molecule has 0 saturated carbocycles. The van der Waals surface area contributed by atoms with Crippen molar-refractivity contribution in [3.63, 3.8) is 0 Å². The van der Waals surface area contributed by atoms with E-state index in [-0.39, 0.29) is 5.56 Å². The number of rotatable bonds is 2. The predicted molar refractivity (Wildman–Crippen MR) is 61.9 cm³/mol. The Bertz CT molecular complexity index is 566. The van der Waals surface area contributed by atoms with E-state index in [2.05, 4.69) is 9.97 Å². The summed E-state index contributed by atoms with van der Waals surface area (Å²) in [6.45, 7) is 0. The van der Waals surface area contributed by atoms with Gasteiger partial charge in [-0.1, -0.05) is 17.7 Å². The quantitative estimate of drug-likeness (QED) is 0.813. The van der Waals surface area contributed by atoms with Gasteiger partial charge in [0.1, 0.15) is 10.9 Å². The van der Waals surface area contributed by atoms with Gasteiger partial charge in [-0.2, -0.15) is 0 Å². The molecule has 0 aliphatic heterocycles. The molecule has 5 heteroatoms. The average Bonchev–Trinajstić information content (AvgIpc) is 2.28. The van der Waals surface area contributed by atoms with Crippen molar-refractivity contribution in [1.29, 1.82) is 0 Å². The normalized spacial score (nSPS) is 10.1. The minimum Gasteiger partial charge on any atom is -0.497 e. The number of nitrogens with one attached hydrogen (secondary N) is 1. The van der Waals surface area contributed by atoms with Gasteiger partial charge in [0.2, 0.25) is 5.56 Å². The van der Waals surface area contributed by atoms with Gasteiger partial charge in [-0.3, -0.25) is 4.79 Å². The smallest absolute Gasteiger partial charge is 0.248 e. The van der Waals surface area contributed by atoms with Crippen molar-refractivity contribution in [3.05, 3.63) is 45.8 Å². The molecule has 4 nitrogen and oxygen atoms in total. The maximum atomic E-state index is 11.2. The molecule has 2 rings (SSSR count). The molecule has 0 radical (unpaired) electrons. The summed E-state index contributed by atoms with van der Waals surface area (Å²) < 4.78 is 5.07. The van der Waals surface area contributed by atoms with Crippen LogP contribution in [0.5, 0.6) is 5.75 Å². The fraction of sp³-hybridized carbons (Fsp3) is 0.0909. The second kappa shape index (κ2) is 4.37. The number of pyridine rings is 2. The van der Waals surface area contributed by atoms with Crippen molar-refractivity contribution in [2.45, 2.75) is 0 Å². The summed E-state index contributed by atoms with van der Waals surface area (Å²) >= 11 is 5.84. The molecular weight excluding hydrogens is 228 g/mol. The number of methoxy groups -OCH3 is 1. The first-order chi connectivity index (χ1) is 7.69. The number of ether oxygens (including phenoxy) is 1. The summed E-state index contributed by atoms with van der Waals surface area (Å²) in [5, 5.41) is 0.319. The molecule has 0 saturated heterocycles. The van der Waals surface area contributed by atoms with Crippen LogP contribution in [0.15, 0.2) is 35.1 Å². The summed E-state index contributed by atoms with van der Waals surface area (Å²) in [6, 6.07) is 8.15. The fourth-order valence-corrected chi connectivity index (χ4v) is 1.53. The van der Waals surface area contributed by atoms with Gasteiger partial charge >= 0.3 is 0 Å². The maximum absolute atomic E-state index is 11.2. The van der Waals surface area contributed by atoms with Crippen LogP contribution < -0.4 is 10.3 Å². The molecule has 0 aliphatic carbocycles. The topological polar surface area (TPSA) is 55.0 Å². The van der Waals surface area contributed by atoms with E-state index in [1.54, 1.807) is 31.4 Å². The van der Waals surface area contributed by atoms with E-state index in [0.717, 1.165) is 0 Å². The van der Waals surface area contributed by atoms with E-state index in [0.29, 0.717) is 22.3 Å². The highest BCUT2D eigenvalue weighted by molar-refractivity contribution is 6.29. The van der Waals surface area contributed by atoms with Crippen LogP contribution in [0.2, 0.25) is 5.15 Å². The SMILES string of the molecule is COc1cc(Cl)nc(-c2cccc(=O)[nH]2)c1. The molecule has 0 amide bonds. The van der Waals surface area contributed by atoms with Crippen LogP contribution in [0.3, 0.4) is 0 Å². The number of hydrogen-bond acceptors (Lipinski definition) is 3. The number of nitrogens with zero attached hydrogens (tertiary/aromatic N) is 1. The Hall–Kier alpha value is -1.81. The minimum atomic E-state index is -0.182. The standard InChI is InChI=1S/C11H9ClN2O2/c1-16-7-5-9(13-10(12)6-7)8-3-2-4-11(15)14-8/h2-6H,1H3,(H,14,15). The zero-order valence-corrected chi connectivity index (χ0v) is 9.28. The van der Waals surface area contributed by atoms with Crippen LogP contribution in [0.1, 0.15) is 0 Å². The summed E-state index contributed by atoms with van der Waals surface area (Å²) in [4.78, 5) is 17.9. The molecule has 0 bridgehead atoms. The molecule has 1 N–H and O–H groups in total. The summed E-state index contributed by atoms with van der Waals surface area (Å²) in [5.74, 6) is 0.597. The molecule has 0 aliphatic rings. The van der Waals surface area contributed by atoms with Crippen LogP contribution in [0.25, 0.3) is 11.4 Å². The predicted octanol–water partition coefficient (Wildman–Crippen LogP) is 2.10. The van der Waals surface area contributed by atoms with Crippen LogP contribution in [0, 0.1) is 0 Å². The minimum absolute atomic E-state index is 0.182. The lowest BCUT2D eigenvalue weighted by molar-refractivity contribution is 0.414. The van der Waals surface area contributed by atoms with Gasteiger partial charge in [-0.25, -0.2) is 4.98 Å². The van der Waals surface area contributed by atoms with Crippen LogP contribution in [-0.2, 0) is 0 Å². The highest BCUT2D eigenvalue weighted by Crippen LogP contribution is 2.22. The lowest BCUT2D eigenvalue weighted by Gasteiger charge is -2.04. The Morgan fingerprint density at radius 2 is 2.19 bits per heavy atom. The highest BCUT2D eigenvalue weighted by atomic mass is 35.5. The van der Waals surface area contributed by atoms with E-state index in [1.165, 1.54) is 6.07 Å². The monoisotopic (exact) mass is 236 g/mol. The van der Waals surface area contributed by atoms with Crippen molar-refractivity contribution < 1.29 is 4.74 Å². The van der Waals surface area contributed by atoms with Crippen molar-refractivity contribution in [3.8, 4) is 17.1 Å². The number of aromatic amines is 1. The van der Waals surface area contributed by atoms with Crippen LogP contribution >= 0.6 is 11.6 Å². The lowest BCUT2D eigenvalue weighted by Crippen LogP contribution is -2.04. The van der Waals surface area contributed by atoms with Gasteiger partial charge in [0.15, 0.2) is 0 Å². The molecular formula is C11H9ClN2O2. The Labute approximate surface area is 96.9 Å². The molecule has 16 heavy (non-hydrogen) atoms. The Kier molecular flexibility index (Phi) is 2.92. The van der Waals surface area contributed by atoms with E-state index >= 15 is 0 Å². The zero-order chi connectivity index (χ0) is 11.5. The van der Waals surface area contributed by atoms with Gasteiger partial charge in [0.25, 0.3) is 0 Å². The fourth-order valence-electron chi connectivity index (χ4n) is 1.33. The molecule has 82 valence electrons. The molecule has 2 aromatic rings. The number of halogens is 1. The molecule has 0 atom stereocenters. The van der Waals surface area contributed by atoms with E-state index < -0.39 is 0 Å². The van der Waals surface area contributed by atoms with Crippen molar-refractivity contribution in [1.82, 2.24) is 9.97 Å². The van der Waals surface area contributed by atoms with E-state index in [9.17, 15) is 4.79 Å². The number of H-pyrrole nitrogens is 1. The maximum Gasteiger partial charge on any atom is 0.248 e. The third-order valence-corrected chi connectivity index (χ3v) is 2.24. The van der Waals surface area contributed by atoms with Gasteiger partial charge < -0.3 is 9.72 Å². The highest BCUT2D eigenvalue weighted by Gasteiger charge is 2.04. The summed E-state index contributed by atoms with van der Waals surface area (Å²) in [7, 11) is 1.54. The van der Waals surface area contributed by atoms with Gasteiger partial charge in [0, 0.05) is 18.2 Å². The average molecular weight is 237 g/mol. The molecule has 0 fully saturated rings. The van der Waals surface area contributed by atoms with Crippen molar-refractivity contribution in [2.75, 3.05) is 7.11 Å². The molecule has 2 heterocycles. The molecule has 0 unspecified atom stereocenters. The number of hydrogen-bond donors (Lipinski definition) is 1. The Balaban J connectivity index is 2.55. The summed E-state index contributed by atoms with van der Waals surface area (Å²) in [6.07, 6.45) is 0. The van der Waals surface area contributed by atoms with Crippen LogP contribution in [-0.4, -0.2) is 17.1 Å². The first kappa shape index (κ1) is 10.7. The van der Waals surface area contributed by atoms with Gasteiger partial charge in [0.05, 0.1) is 18.5 Å². The van der Waals surface area contributed by atoms with Crippen LogP contribution in [0.4, 0.5) is 0 Å². The Morgan fingerprint density at radius 3 is 2.88 bits per heavy atom. The third-order valence-electron chi connectivity index (χ3n) is 2.05. The zero-order valence-electron chi connectivity index (χ0n) is 8.53. The first-order valence-corrected chi connectivity index (χ1v) is 4.98. The summed E-state index contributed by atoms with van der Waals surface area (Å²) in [5.41, 5.74) is 0.994. The second-order valence-corrected chi connectivity index (χ2v) is 3.53. The number of aromatic nitrogens is 2. The molecule has 2 aromatic heterocycles. The lowest BCUT2D eigenvalue weighted by atomic mass is 10.2. The second-order valence-electron chi connectivity index (χ2n) is 3.14. The molecule has 0 spiro atoms.